The monoisotopic (exact) mass is 756 g/mol. The molecule has 0 amide bonds. The molecule has 59 heavy (non-hydrogen) atoms. The summed E-state index contributed by atoms with van der Waals surface area (Å²) in [6, 6.07) is 64.2. The van der Waals surface area contributed by atoms with E-state index in [-0.39, 0.29) is 5.41 Å². The van der Waals surface area contributed by atoms with Crippen molar-refractivity contribution in [1.29, 1.82) is 0 Å². The number of nitrogens with zero attached hydrogens (tertiary/aromatic N) is 4. The Balaban J connectivity index is 0.998. The summed E-state index contributed by atoms with van der Waals surface area (Å²) in [5.74, 6) is 1.87. The van der Waals surface area contributed by atoms with Crippen molar-refractivity contribution in [3.63, 3.8) is 0 Å². The average molecular weight is 757 g/mol. The van der Waals surface area contributed by atoms with E-state index in [1.807, 2.05) is 18.2 Å². The number of rotatable bonds is 5. The van der Waals surface area contributed by atoms with Crippen LogP contribution in [0.25, 0.3) is 106 Å². The van der Waals surface area contributed by atoms with Crippen LogP contribution < -0.4 is 0 Å². The first-order valence-electron chi connectivity index (χ1n) is 20.1. The molecule has 278 valence electrons. The van der Waals surface area contributed by atoms with Crippen LogP contribution in [0.4, 0.5) is 0 Å². The van der Waals surface area contributed by atoms with Gasteiger partial charge in [0.25, 0.3) is 0 Å². The smallest absolute Gasteiger partial charge is 0.164 e. The third-order valence-corrected chi connectivity index (χ3v) is 12.3. The Morgan fingerprint density at radius 3 is 1.92 bits per heavy atom. The van der Waals surface area contributed by atoms with Crippen LogP contribution in [0.1, 0.15) is 25.0 Å². The van der Waals surface area contributed by atoms with Crippen LogP contribution in [0.15, 0.2) is 186 Å². The number of fused-ring (bicyclic) bond motifs is 9. The van der Waals surface area contributed by atoms with Crippen molar-refractivity contribution >= 4 is 43.7 Å². The predicted molar refractivity (Wildman–Crippen MR) is 241 cm³/mol. The summed E-state index contributed by atoms with van der Waals surface area (Å²) < 4.78 is 8.96. The van der Waals surface area contributed by atoms with Gasteiger partial charge in [-0.2, -0.15) is 0 Å². The molecule has 1 aliphatic rings. The molecule has 0 saturated carbocycles. The largest absolute Gasteiger partial charge is 0.456 e. The van der Waals surface area contributed by atoms with Crippen molar-refractivity contribution < 1.29 is 4.42 Å². The van der Waals surface area contributed by atoms with E-state index in [0.29, 0.717) is 17.5 Å². The second-order valence-electron chi connectivity index (χ2n) is 16.0. The number of furan rings is 1. The van der Waals surface area contributed by atoms with Gasteiger partial charge in [-0.1, -0.05) is 147 Å². The highest BCUT2D eigenvalue weighted by molar-refractivity contribution is 6.12. The lowest BCUT2D eigenvalue weighted by molar-refractivity contribution is 0.660. The first-order valence-corrected chi connectivity index (χ1v) is 20.1. The molecule has 0 unspecified atom stereocenters. The van der Waals surface area contributed by atoms with Crippen molar-refractivity contribution in [2.75, 3.05) is 0 Å². The SMILES string of the molecule is CC1(C)c2ccccc2-c2c(-c3nc(-c4ccccc4)nc(-c4ccc5c(c4)oc4ccc(-n6c7ccccc7c7cc(-c8ccccc8)ccc76)cc45)n3)cccc21. The highest BCUT2D eigenvalue weighted by atomic mass is 16.3. The van der Waals surface area contributed by atoms with E-state index in [9.17, 15) is 0 Å². The van der Waals surface area contributed by atoms with Gasteiger partial charge in [-0.15, -0.1) is 0 Å². The van der Waals surface area contributed by atoms with Crippen molar-refractivity contribution in [1.82, 2.24) is 19.5 Å². The average Bonchev–Trinajstić information content (AvgIpc) is 3.91. The summed E-state index contributed by atoms with van der Waals surface area (Å²) >= 11 is 0. The fourth-order valence-electron chi connectivity index (χ4n) is 9.39. The van der Waals surface area contributed by atoms with Gasteiger partial charge in [0.15, 0.2) is 17.5 Å². The van der Waals surface area contributed by atoms with Crippen molar-refractivity contribution in [3.05, 3.63) is 193 Å². The van der Waals surface area contributed by atoms with Gasteiger partial charge < -0.3 is 8.98 Å². The van der Waals surface area contributed by atoms with Crippen LogP contribution in [-0.4, -0.2) is 19.5 Å². The van der Waals surface area contributed by atoms with E-state index in [1.54, 1.807) is 0 Å². The summed E-state index contributed by atoms with van der Waals surface area (Å²) in [6.45, 7) is 4.59. The van der Waals surface area contributed by atoms with Crippen LogP contribution in [-0.2, 0) is 5.41 Å². The molecule has 0 N–H and O–H groups in total. The van der Waals surface area contributed by atoms with Gasteiger partial charge in [0.1, 0.15) is 11.2 Å². The van der Waals surface area contributed by atoms with Gasteiger partial charge in [0.2, 0.25) is 0 Å². The number of benzene rings is 8. The Hall–Kier alpha value is -7.63. The molecule has 0 radical (unpaired) electrons. The maximum Gasteiger partial charge on any atom is 0.164 e. The molecule has 8 aromatic carbocycles. The summed E-state index contributed by atoms with van der Waals surface area (Å²) in [5, 5.41) is 4.54. The molecule has 3 aromatic heterocycles. The van der Waals surface area contributed by atoms with Gasteiger partial charge in [-0.3, -0.25) is 0 Å². The van der Waals surface area contributed by atoms with Crippen LogP contribution in [0.3, 0.4) is 0 Å². The molecule has 5 heteroatoms. The van der Waals surface area contributed by atoms with Gasteiger partial charge in [-0.25, -0.2) is 15.0 Å². The van der Waals surface area contributed by atoms with E-state index < -0.39 is 0 Å². The van der Waals surface area contributed by atoms with E-state index in [1.165, 1.54) is 44.2 Å². The molecule has 12 rings (SSSR count). The Kier molecular flexibility index (Phi) is 7.20. The highest BCUT2D eigenvalue weighted by Crippen LogP contribution is 2.51. The standard InChI is InChI=1S/C54H36N4O/c1-54(2)44-21-11-9-19-40(44)50-41(20-13-22-45(50)54)53-56-51(34-16-7-4-8-17-34)55-52(57-53)36-24-27-39-43-32-37(26-29-48(43)59-49(39)31-36)58-46-23-12-10-18-38(46)42-30-35(25-28-47(42)58)33-14-5-3-6-15-33/h3-32H,1-2H3. The van der Waals surface area contributed by atoms with Crippen LogP contribution in [0, 0.1) is 0 Å². The van der Waals surface area contributed by atoms with E-state index in [2.05, 4.69) is 182 Å². The summed E-state index contributed by atoms with van der Waals surface area (Å²) in [5.41, 5.74) is 15.1. The zero-order valence-corrected chi connectivity index (χ0v) is 32.5. The Labute approximate surface area is 340 Å². The van der Waals surface area contributed by atoms with Gasteiger partial charge >= 0.3 is 0 Å². The fourth-order valence-corrected chi connectivity index (χ4v) is 9.39. The number of para-hydroxylation sites is 1. The fraction of sp³-hybridized carbons (Fsp3) is 0.0556. The zero-order chi connectivity index (χ0) is 39.2. The first kappa shape index (κ1) is 33.5. The lowest BCUT2D eigenvalue weighted by atomic mass is 9.82. The van der Waals surface area contributed by atoms with Gasteiger partial charge in [-0.05, 0) is 81.9 Å². The molecular formula is C54H36N4O. The van der Waals surface area contributed by atoms with E-state index in [4.69, 9.17) is 19.4 Å². The third kappa shape index (κ3) is 5.14. The molecule has 1 aliphatic carbocycles. The minimum Gasteiger partial charge on any atom is -0.456 e. The third-order valence-electron chi connectivity index (χ3n) is 12.3. The van der Waals surface area contributed by atoms with Crippen LogP contribution in [0.5, 0.6) is 0 Å². The molecule has 3 heterocycles. The second-order valence-corrected chi connectivity index (χ2v) is 16.0. The van der Waals surface area contributed by atoms with Gasteiger partial charge in [0.05, 0.1) is 11.0 Å². The summed E-state index contributed by atoms with van der Waals surface area (Å²) in [4.78, 5) is 15.5. The molecule has 5 nitrogen and oxygen atoms in total. The Morgan fingerprint density at radius 1 is 0.407 bits per heavy atom. The molecule has 0 aliphatic heterocycles. The number of aromatic nitrogens is 4. The van der Waals surface area contributed by atoms with Crippen LogP contribution in [0.2, 0.25) is 0 Å². The molecular weight excluding hydrogens is 721 g/mol. The van der Waals surface area contributed by atoms with Crippen molar-refractivity contribution in [2.24, 2.45) is 0 Å². The normalized spacial score (nSPS) is 13.1. The molecule has 0 atom stereocenters. The lowest BCUT2D eigenvalue weighted by Gasteiger charge is -2.21. The highest BCUT2D eigenvalue weighted by Gasteiger charge is 2.37. The second kappa shape index (κ2) is 12.7. The maximum atomic E-state index is 6.60. The zero-order valence-electron chi connectivity index (χ0n) is 32.5. The Bertz CT molecular complexity index is 3470. The van der Waals surface area contributed by atoms with E-state index in [0.717, 1.165) is 55.3 Å². The minimum absolute atomic E-state index is 0.139. The van der Waals surface area contributed by atoms with Crippen molar-refractivity contribution in [3.8, 4) is 62.1 Å². The maximum absolute atomic E-state index is 6.60. The Morgan fingerprint density at radius 2 is 1.07 bits per heavy atom. The molecule has 0 fully saturated rings. The first-order chi connectivity index (χ1) is 29.0. The van der Waals surface area contributed by atoms with E-state index >= 15 is 0 Å². The molecule has 11 aromatic rings. The number of hydrogen-bond acceptors (Lipinski definition) is 4. The quantitative estimate of drug-likeness (QED) is 0.175. The number of hydrogen-bond donors (Lipinski definition) is 0. The van der Waals surface area contributed by atoms with Crippen LogP contribution >= 0.6 is 0 Å². The molecule has 0 spiro atoms. The predicted octanol–water partition coefficient (Wildman–Crippen LogP) is 13.8. The minimum atomic E-state index is -0.139. The molecule has 0 bridgehead atoms. The van der Waals surface area contributed by atoms with Gasteiger partial charge in [0, 0.05) is 49.3 Å². The summed E-state index contributed by atoms with van der Waals surface area (Å²) in [7, 11) is 0. The lowest BCUT2D eigenvalue weighted by Crippen LogP contribution is -2.14. The van der Waals surface area contributed by atoms with Crippen molar-refractivity contribution in [2.45, 2.75) is 19.3 Å². The molecule has 0 saturated heterocycles. The topological polar surface area (TPSA) is 56.7 Å². The summed E-state index contributed by atoms with van der Waals surface area (Å²) in [6.07, 6.45) is 0.